The number of ether oxygens (including phenoxy) is 1. The van der Waals surface area contributed by atoms with Crippen molar-refractivity contribution in [3.63, 3.8) is 0 Å². The van der Waals surface area contributed by atoms with E-state index in [1.165, 1.54) is 31.3 Å². The van der Waals surface area contributed by atoms with Gasteiger partial charge in [0.1, 0.15) is 6.10 Å². The van der Waals surface area contributed by atoms with Crippen LogP contribution >= 0.6 is 0 Å². The summed E-state index contributed by atoms with van der Waals surface area (Å²) in [5.41, 5.74) is 4.18. The minimum atomic E-state index is -0.639. The molecule has 182 valence electrons. The maximum Gasteiger partial charge on any atom is 0.334 e. The Hall–Kier alpha value is -1.65. The highest BCUT2D eigenvalue weighted by atomic mass is 16.6. The van der Waals surface area contributed by atoms with Gasteiger partial charge < -0.3 is 14.9 Å². The molecule has 3 aliphatic carbocycles. The Bertz CT molecular complexity index is 867. The first-order chi connectivity index (χ1) is 15.7. The van der Waals surface area contributed by atoms with E-state index in [4.69, 9.17) is 4.74 Å². The molecule has 2 N–H and O–H groups in total. The summed E-state index contributed by atoms with van der Waals surface area (Å²) in [6.45, 7) is 15.0. The number of fused-ring (bicyclic) bond motifs is 1. The predicted octanol–water partition coefficient (Wildman–Crippen LogP) is 5.66. The topological polar surface area (TPSA) is 66.8 Å². The third-order valence-corrected chi connectivity index (χ3v) is 9.45. The molecule has 0 aromatic rings. The summed E-state index contributed by atoms with van der Waals surface area (Å²) in [5.74, 6) is 1.65. The number of cyclic esters (lactones) is 1. The zero-order valence-corrected chi connectivity index (χ0v) is 20.7. The molecule has 8 atom stereocenters. The van der Waals surface area contributed by atoms with Gasteiger partial charge in [0, 0.05) is 17.9 Å². The van der Waals surface area contributed by atoms with Crippen LogP contribution in [-0.4, -0.2) is 34.5 Å². The second-order valence-corrected chi connectivity index (χ2v) is 11.4. The van der Waals surface area contributed by atoms with Crippen LogP contribution < -0.4 is 0 Å². The average Bonchev–Trinajstić information content (AvgIpc) is 3.25. The second kappa shape index (κ2) is 9.54. The molecule has 4 nitrogen and oxygen atoms in total. The fraction of sp³-hybridized carbons (Fsp3) is 0.690. The highest BCUT2D eigenvalue weighted by Crippen LogP contribution is 2.60. The molecule has 4 fully saturated rings. The Morgan fingerprint density at radius 3 is 2.70 bits per heavy atom. The van der Waals surface area contributed by atoms with E-state index in [0.717, 1.165) is 30.4 Å². The van der Waals surface area contributed by atoms with Crippen molar-refractivity contribution in [2.75, 3.05) is 0 Å². The number of carbonyl (C=O) groups is 1. The van der Waals surface area contributed by atoms with Crippen LogP contribution in [0.4, 0.5) is 0 Å². The molecule has 1 heterocycles. The molecule has 4 heteroatoms. The highest BCUT2D eigenvalue weighted by molar-refractivity contribution is 5.90. The second-order valence-electron chi connectivity index (χ2n) is 11.4. The summed E-state index contributed by atoms with van der Waals surface area (Å²) in [4.78, 5) is 12.1. The predicted molar refractivity (Wildman–Crippen MR) is 131 cm³/mol. The molecular formula is C29H42O4. The first kappa shape index (κ1) is 24.5. The molecule has 0 aromatic carbocycles. The summed E-state index contributed by atoms with van der Waals surface area (Å²) in [5, 5.41) is 20.2. The average molecular weight is 455 g/mol. The van der Waals surface area contributed by atoms with Gasteiger partial charge in [-0.05, 0) is 85.7 Å². The van der Waals surface area contributed by atoms with Crippen LogP contribution in [0.2, 0.25) is 0 Å². The monoisotopic (exact) mass is 454 g/mol. The number of rotatable bonds is 5. The maximum atomic E-state index is 12.1. The van der Waals surface area contributed by atoms with Crippen molar-refractivity contribution in [1.82, 2.24) is 0 Å². The third kappa shape index (κ3) is 4.53. The third-order valence-electron chi connectivity index (χ3n) is 9.45. The van der Waals surface area contributed by atoms with E-state index in [0.29, 0.717) is 36.2 Å². The lowest BCUT2D eigenvalue weighted by Gasteiger charge is -2.44. The summed E-state index contributed by atoms with van der Waals surface area (Å²) in [6, 6.07) is 0. The highest BCUT2D eigenvalue weighted by Gasteiger charge is 2.51. The Labute approximate surface area is 199 Å². The van der Waals surface area contributed by atoms with Gasteiger partial charge in [0.15, 0.2) is 0 Å². The van der Waals surface area contributed by atoms with E-state index < -0.39 is 12.2 Å². The van der Waals surface area contributed by atoms with E-state index in [1.807, 2.05) is 0 Å². The zero-order valence-electron chi connectivity index (χ0n) is 20.7. The Kier molecular flexibility index (Phi) is 7.08. The van der Waals surface area contributed by atoms with Crippen molar-refractivity contribution in [3.05, 3.63) is 47.6 Å². The smallest absolute Gasteiger partial charge is 0.334 e. The zero-order chi connectivity index (χ0) is 23.9. The van der Waals surface area contributed by atoms with Crippen LogP contribution in [0.15, 0.2) is 47.6 Å². The number of aliphatic hydroxyl groups excluding tert-OH is 2. The van der Waals surface area contributed by atoms with Crippen molar-refractivity contribution in [2.24, 2.45) is 29.1 Å². The molecule has 4 rings (SSSR count). The number of allylic oxidation sites excluding steroid dienone is 3. The van der Waals surface area contributed by atoms with Crippen LogP contribution in [-0.2, 0) is 9.53 Å². The molecule has 1 aliphatic heterocycles. The van der Waals surface area contributed by atoms with Gasteiger partial charge in [-0.1, -0.05) is 51.7 Å². The van der Waals surface area contributed by atoms with Gasteiger partial charge in [0.2, 0.25) is 0 Å². The van der Waals surface area contributed by atoms with Gasteiger partial charge >= 0.3 is 5.97 Å². The fourth-order valence-electron chi connectivity index (χ4n) is 7.60. The summed E-state index contributed by atoms with van der Waals surface area (Å²) < 4.78 is 5.72. The fourth-order valence-corrected chi connectivity index (χ4v) is 7.60. The van der Waals surface area contributed by atoms with Gasteiger partial charge in [0.05, 0.1) is 12.2 Å². The van der Waals surface area contributed by atoms with E-state index >= 15 is 0 Å². The summed E-state index contributed by atoms with van der Waals surface area (Å²) >= 11 is 0. The van der Waals surface area contributed by atoms with Crippen molar-refractivity contribution in [2.45, 2.75) is 96.9 Å². The van der Waals surface area contributed by atoms with Crippen LogP contribution in [0.1, 0.15) is 78.6 Å². The molecule has 4 aliphatic rings. The maximum absolute atomic E-state index is 12.1. The number of hydrogen-bond donors (Lipinski definition) is 2. The van der Waals surface area contributed by atoms with Crippen molar-refractivity contribution in [3.8, 4) is 0 Å². The lowest BCUT2D eigenvalue weighted by molar-refractivity contribution is -0.140. The van der Waals surface area contributed by atoms with Crippen molar-refractivity contribution in [1.29, 1.82) is 0 Å². The van der Waals surface area contributed by atoms with Gasteiger partial charge in [-0.25, -0.2) is 4.79 Å². The van der Waals surface area contributed by atoms with Crippen molar-refractivity contribution < 1.29 is 19.7 Å². The molecule has 0 unspecified atom stereocenters. The van der Waals surface area contributed by atoms with Crippen LogP contribution in [0, 0.1) is 29.1 Å². The van der Waals surface area contributed by atoms with Gasteiger partial charge in [-0.2, -0.15) is 0 Å². The quantitative estimate of drug-likeness (QED) is 0.415. The van der Waals surface area contributed by atoms with Crippen LogP contribution in [0.3, 0.4) is 0 Å². The van der Waals surface area contributed by atoms with Crippen molar-refractivity contribution >= 4 is 5.97 Å². The largest absolute Gasteiger partial charge is 0.458 e. The van der Waals surface area contributed by atoms with E-state index in [9.17, 15) is 15.0 Å². The summed E-state index contributed by atoms with van der Waals surface area (Å²) in [7, 11) is 0. The molecule has 0 spiro atoms. The molecule has 0 radical (unpaired) electrons. The first-order valence-corrected chi connectivity index (χ1v) is 13.0. The number of carbonyl (C=O) groups excluding carboxylic acids is 1. The number of hydrogen-bond acceptors (Lipinski definition) is 4. The molecule has 0 amide bonds. The number of esters is 1. The first-order valence-electron chi connectivity index (χ1n) is 13.0. The van der Waals surface area contributed by atoms with Crippen LogP contribution in [0.25, 0.3) is 0 Å². The lowest BCUT2D eigenvalue weighted by Crippen LogP contribution is -2.37. The minimum Gasteiger partial charge on any atom is -0.458 e. The van der Waals surface area contributed by atoms with Crippen LogP contribution in [0.5, 0.6) is 0 Å². The van der Waals surface area contributed by atoms with E-state index in [2.05, 4.69) is 46.1 Å². The number of aliphatic hydroxyl groups is 2. The Balaban J connectivity index is 1.49. The molecular weight excluding hydrogens is 412 g/mol. The van der Waals surface area contributed by atoms with Gasteiger partial charge in [-0.3, -0.25) is 0 Å². The Morgan fingerprint density at radius 1 is 1.21 bits per heavy atom. The molecule has 0 aromatic heterocycles. The molecule has 0 bridgehead atoms. The SMILES string of the molecule is C=C1/C(=C\C=C2/CCC[C@]3(C)[C@@H]([C@H](C)C[C@@H]4OC(=O)C(=C)[C@@H]4CC)CC[C@@H]23)C[C@@H](O)C[C@@H]1O. The van der Waals surface area contributed by atoms with Gasteiger partial charge in [0.25, 0.3) is 0 Å². The molecule has 1 saturated heterocycles. The molecule has 3 saturated carbocycles. The minimum absolute atomic E-state index is 0.0221. The standard InChI is InChI=1S/C29H42O4/c1-6-23-19(4)28(32)33-27(23)14-17(2)24-11-12-25-20(8-7-13-29(24,25)5)9-10-21-15-22(30)16-26(31)18(21)3/h9-10,17,22-27,30-31H,3-4,6-8,11-16H2,1-2,5H3/b20-9+,21-10-/t17-,22-,23+,24-,25+,26+,27+,29-/m1/s1. The normalized spacial score (nSPS) is 42.6. The van der Waals surface area contributed by atoms with Gasteiger partial charge in [-0.15, -0.1) is 0 Å². The van der Waals surface area contributed by atoms with E-state index in [-0.39, 0.29) is 23.4 Å². The molecule has 33 heavy (non-hydrogen) atoms. The lowest BCUT2D eigenvalue weighted by atomic mass is 9.60. The summed E-state index contributed by atoms with van der Waals surface area (Å²) in [6.07, 6.45) is 12.0. The Morgan fingerprint density at radius 2 is 1.97 bits per heavy atom. The van der Waals surface area contributed by atoms with E-state index in [1.54, 1.807) is 0 Å².